The predicted molar refractivity (Wildman–Crippen MR) is 85.3 cm³/mol. The van der Waals surface area contributed by atoms with E-state index in [4.69, 9.17) is 4.74 Å². The molecule has 3 heteroatoms. The highest BCUT2D eigenvalue weighted by molar-refractivity contribution is 5.28. The maximum atomic E-state index is 10.2. The molecule has 0 saturated carbocycles. The first-order valence-electron chi connectivity index (χ1n) is 7.34. The number of aliphatic hydroxyl groups is 1. The Morgan fingerprint density at radius 2 is 1.67 bits per heavy atom. The van der Waals surface area contributed by atoms with Crippen molar-refractivity contribution < 1.29 is 9.84 Å². The number of ether oxygens (including phenoxy) is 1. The molecule has 0 saturated heterocycles. The fourth-order valence-electron chi connectivity index (χ4n) is 2.11. The summed E-state index contributed by atoms with van der Waals surface area (Å²) in [5.41, 5.74) is 2.11. The van der Waals surface area contributed by atoms with E-state index in [1.807, 2.05) is 56.3 Å². The van der Waals surface area contributed by atoms with Crippen LogP contribution >= 0.6 is 0 Å². The Balaban J connectivity index is 1.81. The Morgan fingerprint density at radius 1 is 1.00 bits per heavy atom. The van der Waals surface area contributed by atoms with Gasteiger partial charge in [-0.05, 0) is 37.1 Å². The quantitative estimate of drug-likeness (QED) is 0.820. The van der Waals surface area contributed by atoms with Gasteiger partial charge in [-0.25, -0.2) is 0 Å². The number of benzene rings is 2. The second-order valence-corrected chi connectivity index (χ2v) is 5.37. The summed E-state index contributed by atoms with van der Waals surface area (Å²) < 4.78 is 5.59. The smallest absolute Gasteiger partial charge is 0.119 e. The maximum Gasteiger partial charge on any atom is 0.119 e. The zero-order chi connectivity index (χ0) is 15.1. The molecule has 21 heavy (non-hydrogen) atoms. The van der Waals surface area contributed by atoms with E-state index in [-0.39, 0.29) is 6.10 Å². The van der Waals surface area contributed by atoms with E-state index < -0.39 is 6.10 Å². The van der Waals surface area contributed by atoms with Crippen molar-refractivity contribution in [3.05, 3.63) is 65.7 Å². The molecule has 0 aliphatic rings. The van der Waals surface area contributed by atoms with Gasteiger partial charge in [-0.1, -0.05) is 42.5 Å². The van der Waals surface area contributed by atoms with Crippen molar-refractivity contribution in [2.24, 2.45) is 0 Å². The molecule has 112 valence electrons. The monoisotopic (exact) mass is 285 g/mol. The molecule has 0 spiro atoms. The lowest BCUT2D eigenvalue weighted by atomic mass is 10.1. The molecule has 0 heterocycles. The van der Waals surface area contributed by atoms with E-state index in [1.165, 1.54) is 5.56 Å². The number of hydrogen-bond acceptors (Lipinski definition) is 3. The van der Waals surface area contributed by atoms with Gasteiger partial charge in [-0.3, -0.25) is 0 Å². The minimum Gasteiger partial charge on any atom is -0.491 e. The van der Waals surface area contributed by atoms with Crippen LogP contribution in [0.1, 0.15) is 31.1 Å². The lowest BCUT2D eigenvalue weighted by molar-refractivity contribution is 0.174. The van der Waals surface area contributed by atoms with Gasteiger partial charge in [0.15, 0.2) is 0 Å². The van der Waals surface area contributed by atoms with Crippen molar-refractivity contribution in [1.29, 1.82) is 0 Å². The summed E-state index contributed by atoms with van der Waals surface area (Å²) in [6.45, 7) is 5.28. The largest absolute Gasteiger partial charge is 0.491 e. The Bertz CT molecular complexity index is 523. The molecule has 0 bridgehead atoms. The van der Waals surface area contributed by atoms with Crippen molar-refractivity contribution in [3.63, 3.8) is 0 Å². The topological polar surface area (TPSA) is 41.5 Å². The van der Waals surface area contributed by atoms with Crippen molar-refractivity contribution in [1.82, 2.24) is 5.32 Å². The summed E-state index contributed by atoms with van der Waals surface area (Å²) in [6, 6.07) is 17.8. The highest BCUT2D eigenvalue weighted by Crippen LogP contribution is 2.18. The van der Waals surface area contributed by atoms with Gasteiger partial charge in [0.05, 0.1) is 12.2 Å². The van der Waals surface area contributed by atoms with E-state index in [2.05, 4.69) is 17.4 Å². The van der Waals surface area contributed by atoms with Crippen LogP contribution in [0.15, 0.2) is 54.6 Å². The van der Waals surface area contributed by atoms with Crippen molar-refractivity contribution >= 4 is 0 Å². The van der Waals surface area contributed by atoms with E-state index in [0.29, 0.717) is 6.54 Å². The summed E-state index contributed by atoms with van der Waals surface area (Å²) in [4.78, 5) is 0. The highest BCUT2D eigenvalue weighted by Gasteiger charge is 2.07. The molecular formula is C18H23NO2. The highest BCUT2D eigenvalue weighted by atomic mass is 16.5. The number of nitrogens with one attached hydrogen (secondary N) is 1. The summed E-state index contributed by atoms with van der Waals surface area (Å²) in [7, 11) is 0. The van der Waals surface area contributed by atoms with Crippen LogP contribution in [0.2, 0.25) is 0 Å². The molecule has 0 aromatic heterocycles. The predicted octanol–water partition coefficient (Wildman–Crippen LogP) is 3.30. The third-order valence-electron chi connectivity index (χ3n) is 3.15. The lowest BCUT2D eigenvalue weighted by Gasteiger charge is -2.14. The summed E-state index contributed by atoms with van der Waals surface area (Å²) in [6.07, 6.45) is -0.352. The second kappa shape index (κ2) is 7.81. The summed E-state index contributed by atoms with van der Waals surface area (Å²) in [5, 5.41) is 13.4. The van der Waals surface area contributed by atoms with E-state index in [9.17, 15) is 5.11 Å². The minimum atomic E-state index is -0.512. The van der Waals surface area contributed by atoms with E-state index in [1.54, 1.807) is 0 Å². The van der Waals surface area contributed by atoms with Crippen molar-refractivity contribution in [2.45, 2.75) is 32.6 Å². The Hall–Kier alpha value is -1.84. The first-order chi connectivity index (χ1) is 10.1. The zero-order valence-electron chi connectivity index (χ0n) is 12.6. The zero-order valence-corrected chi connectivity index (χ0v) is 12.6. The standard InChI is InChI=1S/C18H23NO2/c1-14(2)21-17-10-8-16(9-11-17)18(20)13-19-12-15-6-4-3-5-7-15/h3-11,14,18-20H,12-13H2,1-2H3. The van der Waals surface area contributed by atoms with Crippen LogP contribution in [0.4, 0.5) is 0 Å². The first-order valence-corrected chi connectivity index (χ1v) is 7.34. The van der Waals surface area contributed by atoms with Crippen LogP contribution in [-0.4, -0.2) is 17.8 Å². The maximum absolute atomic E-state index is 10.2. The molecule has 1 unspecified atom stereocenters. The van der Waals surface area contributed by atoms with Crippen LogP contribution in [0, 0.1) is 0 Å². The Kier molecular flexibility index (Phi) is 5.78. The minimum absolute atomic E-state index is 0.160. The molecule has 0 amide bonds. The van der Waals surface area contributed by atoms with Crippen LogP contribution < -0.4 is 10.1 Å². The van der Waals surface area contributed by atoms with Gasteiger partial charge >= 0.3 is 0 Å². The SMILES string of the molecule is CC(C)Oc1ccc(C(O)CNCc2ccccc2)cc1. The van der Waals surface area contributed by atoms with Gasteiger partial charge in [0.25, 0.3) is 0 Å². The molecule has 2 N–H and O–H groups in total. The first kappa shape index (κ1) is 15.5. The summed E-state index contributed by atoms with van der Waals surface area (Å²) in [5.74, 6) is 0.832. The molecular weight excluding hydrogens is 262 g/mol. The van der Waals surface area contributed by atoms with Gasteiger partial charge in [0.2, 0.25) is 0 Å². The number of hydrogen-bond donors (Lipinski definition) is 2. The fourth-order valence-corrected chi connectivity index (χ4v) is 2.11. The Labute approximate surface area is 126 Å². The molecule has 0 aliphatic heterocycles. The van der Waals surface area contributed by atoms with Crippen molar-refractivity contribution in [2.75, 3.05) is 6.54 Å². The molecule has 1 atom stereocenters. The van der Waals surface area contributed by atoms with Crippen LogP contribution in [0.5, 0.6) is 5.75 Å². The molecule has 0 aliphatic carbocycles. The van der Waals surface area contributed by atoms with Crippen LogP contribution in [0.25, 0.3) is 0 Å². The van der Waals surface area contributed by atoms with Gasteiger partial charge < -0.3 is 15.2 Å². The Morgan fingerprint density at radius 3 is 2.29 bits per heavy atom. The molecule has 2 aromatic rings. The average Bonchev–Trinajstić information content (AvgIpc) is 2.48. The molecule has 2 rings (SSSR count). The third-order valence-corrected chi connectivity index (χ3v) is 3.15. The third kappa shape index (κ3) is 5.21. The fraction of sp³-hybridized carbons (Fsp3) is 0.333. The second-order valence-electron chi connectivity index (χ2n) is 5.37. The number of aliphatic hydroxyl groups excluding tert-OH is 1. The normalized spacial score (nSPS) is 12.4. The van der Waals surface area contributed by atoms with Gasteiger partial charge in [-0.2, -0.15) is 0 Å². The summed E-state index contributed by atoms with van der Waals surface area (Å²) >= 11 is 0. The average molecular weight is 285 g/mol. The lowest BCUT2D eigenvalue weighted by Crippen LogP contribution is -2.21. The van der Waals surface area contributed by atoms with Gasteiger partial charge in [0.1, 0.15) is 5.75 Å². The van der Waals surface area contributed by atoms with Crippen LogP contribution in [0.3, 0.4) is 0 Å². The molecule has 0 radical (unpaired) electrons. The van der Waals surface area contributed by atoms with E-state index in [0.717, 1.165) is 17.9 Å². The van der Waals surface area contributed by atoms with Crippen molar-refractivity contribution in [3.8, 4) is 5.75 Å². The molecule has 0 fully saturated rings. The molecule has 2 aromatic carbocycles. The van der Waals surface area contributed by atoms with Gasteiger partial charge in [-0.15, -0.1) is 0 Å². The van der Waals surface area contributed by atoms with Gasteiger partial charge in [0, 0.05) is 13.1 Å². The van der Waals surface area contributed by atoms with Crippen LogP contribution in [-0.2, 0) is 6.54 Å². The number of rotatable bonds is 7. The van der Waals surface area contributed by atoms with E-state index >= 15 is 0 Å². The molecule has 3 nitrogen and oxygen atoms in total.